The van der Waals surface area contributed by atoms with Gasteiger partial charge < -0.3 is 23.7 Å². The molecule has 1 aliphatic heterocycles. The van der Waals surface area contributed by atoms with E-state index in [4.69, 9.17) is 23.7 Å². The smallest absolute Gasteiger partial charge is 0.280 e. The van der Waals surface area contributed by atoms with Crippen LogP contribution in [0.3, 0.4) is 0 Å². The summed E-state index contributed by atoms with van der Waals surface area (Å²) < 4.78 is 58.1. The van der Waals surface area contributed by atoms with E-state index in [0.29, 0.717) is 47.3 Å². The van der Waals surface area contributed by atoms with Crippen LogP contribution in [0.15, 0.2) is 47.5 Å². The molecule has 1 N–H and O–H groups in total. The summed E-state index contributed by atoms with van der Waals surface area (Å²) in [6, 6.07) is 10.0. The molecule has 4 rings (SSSR count). The molecule has 41 heavy (non-hydrogen) atoms. The van der Waals surface area contributed by atoms with Crippen LogP contribution >= 0.6 is 0 Å². The van der Waals surface area contributed by atoms with E-state index in [1.54, 1.807) is 72.0 Å². The molecule has 2 aliphatic rings. The van der Waals surface area contributed by atoms with E-state index in [2.05, 4.69) is 4.72 Å². The van der Waals surface area contributed by atoms with E-state index in [0.717, 1.165) is 24.0 Å². The third kappa shape index (κ3) is 7.10. The maximum Gasteiger partial charge on any atom is 0.280 e. The monoisotopic (exact) mass is 586 g/mol. The Kier molecular flexibility index (Phi) is 10.1. The minimum absolute atomic E-state index is 0.150. The van der Waals surface area contributed by atoms with E-state index >= 15 is 0 Å². The second-order valence-corrected chi connectivity index (χ2v) is 11.6. The van der Waals surface area contributed by atoms with E-state index in [9.17, 15) is 13.2 Å². The van der Waals surface area contributed by atoms with E-state index in [1.807, 2.05) is 12.1 Å². The highest BCUT2D eigenvalue weighted by Gasteiger charge is 2.37. The van der Waals surface area contributed by atoms with Crippen LogP contribution in [0, 0.1) is 0 Å². The zero-order valence-electron chi connectivity index (χ0n) is 24.1. The second-order valence-electron chi connectivity index (χ2n) is 9.99. The lowest BCUT2D eigenvalue weighted by Crippen LogP contribution is -2.49. The fraction of sp³-hybridized carbons (Fsp3) is 0.433. The number of methoxy groups -OCH3 is 5. The summed E-state index contributed by atoms with van der Waals surface area (Å²) in [7, 11) is 3.96. The van der Waals surface area contributed by atoms with Gasteiger partial charge in [-0.25, -0.2) is 0 Å². The summed E-state index contributed by atoms with van der Waals surface area (Å²) >= 11 is 0. The molecule has 0 radical (unpaired) electrons. The third-order valence-electron chi connectivity index (χ3n) is 7.32. The van der Waals surface area contributed by atoms with Gasteiger partial charge in [0.2, 0.25) is 0 Å². The lowest BCUT2D eigenvalue weighted by atomic mass is 9.84. The molecular formula is C30H38N2O8S. The number of carbonyl (C=O) groups excluding carboxylic acids is 1. The molecule has 1 saturated heterocycles. The molecule has 1 saturated carbocycles. The number of ether oxygens (including phenoxy) is 5. The predicted octanol–water partition coefficient (Wildman–Crippen LogP) is 3.86. The van der Waals surface area contributed by atoms with Crippen LogP contribution < -0.4 is 23.7 Å². The number of rotatable bonds is 11. The van der Waals surface area contributed by atoms with Crippen molar-refractivity contribution in [3.63, 3.8) is 0 Å². The third-order valence-corrected chi connectivity index (χ3v) is 9.05. The van der Waals surface area contributed by atoms with E-state index in [-0.39, 0.29) is 24.7 Å². The zero-order valence-corrected chi connectivity index (χ0v) is 25.0. The summed E-state index contributed by atoms with van der Waals surface area (Å²) in [5.74, 6) is 2.05. The summed E-state index contributed by atoms with van der Waals surface area (Å²) in [6.45, 7) is 0.761. The molecule has 11 heteroatoms. The number of nitrogens with one attached hydrogen (secondary N) is 1. The second kappa shape index (κ2) is 13.5. The number of hydrogen-bond acceptors (Lipinski definition) is 8. The first-order valence-electron chi connectivity index (χ1n) is 13.4. The van der Waals surface area contributed by atoms with Crippen molar-refractivity contribution in [2.24, 2.45) is 0 Å². The molecule has 222 valence electrons. The summed E-state index contributed by atoms with van der Waals surface area (Å²) in [5, 5.41) is 0. The van der Waals surface area contributed by atoms with Gasteiger partial charge in [-0.05, 0) is 73.2 Å². The minimum atomic E-state index is -3.82. The van der Waals surface area contributed by atoms with Gasteiger partial charge >= 0.3 is 0 Å². The number of ketones is 1. The maximum absolute atomic E-state index is 13.7. The van der Waals surface area contributed by atoms with Crippen LogP contribution in [0.25, 0.3) is 12.2 Å². The SMILES string of the molecule is COCC1CCCN1S(=O)(=O)NC1C/C(=C\c2ccc(OC)c(OC)c2)C(=O)/C(=C/c2ccc(OC)c(OC)c2)C1. The summed E-state index contributed by atoms with van der Waals surface area (Å²) in [6.07, 6.45) is 5.53. The Morgan fingerprint density at radius 2 is 1.34 bits per heavy atom. The van der Waals surface area contributed by atoms with Crippen LogP contribution in [0.2, 0.25) is 0 Å². The normalized spacial score (nSPS) is 21.8. The summed E-state index contributed by atoms with van der Waals surface area (Å²) in [4.78, 5) is 13.7. The Bertz CT molecular complexity index is 1340. The number of benzene rings is 2. The van der Waals surface area contributed by atoms with Gasteiger partial charge in [0.25, 0.3) is 10.2 Å². The summed E-state index contributed by atoms with van der Waals surface area (Å²) in [5.41, 5.74) is 2.44. The van der Waals surface area contributed by atoms with Crippen LogP contribution in [0.4, 0.5) is 0 Å². The van der Waals surface area contributed by atoms with Gasteiger partial charge in [0.15, 0.2) is 28.8 Å². The Hall–Kier alpha value is -3.38. The number of carbonyl (C=O) groups is 1. The molecule has 1 aliphatic carbocycles. The van der Waals surface area contributed by atoms with Gasteiger partial charge in [0.05, 0.1) is 35.0 Å². The maximum atomic E-state index is 13.7. The van der Waals surface area contributed by atoms with Crippen molar-refractivity contribution in [1.82, 2.24) is 9.03 Å². The van der Waals surface area contributed by atoms with E-state index < -0.39 is 16.3 Å². The number of hydrogen-bond donors (Lipinski definition) is 1. The molecule has 2 aromatic carbocycles. The standard InChI is InChI=1S/C30H38N2O8S/c1-36-19-25-7-6-12-32(25)41(34,35)31-24-17-22(13-20-8-10-26(37-2)28(15-20)39-4)30(33)23(18-24)14-21-9-11-27(38-3)29(16-21)40-5/h8-11,13-16,24-25,31H,6-7,12,17-19H2,1-5H3/b22-13+,23-14+. The highest BCUT2D eigenvalue weighted by atomic mass is 32.2. The average Bonchev–Trinajstić information content (AvgIpc) is 3.44. The predicted molar refractivity (Wildman–Crippen MR) is 157 cm³/mol. The van der Waals surface area contributed by atoms with Crippen molar-refractivity contribution in [3.05, 3.63) is 58.7 Å². The van der Waals surface area contributed by atoms with Crippen molar-refractivity contribution in [2.75, 3.05) is 48.7 Å². The van der Waals surface area contributed by atoms with Gasteiger partial charge in [-0.15, -0.1) is 0 Å². The molecule has 0 amide bonds. The van der Waals surface area contributed by atoms with Crippen molar-refractivity contribution in [2.45, 2.75) is 37.8 Å². The Morgan fingerprint density at radius 3 is 1.80 bits per heavy atom. The lowest BCUT2D eigenvalue weighted by molar-refractivity contribution is -0.113. The molecule has 0 spiro atoms. The van der Waals surface area contributed by atoms with Crippen molar-refractivity contribution in [3.8, 4) is 23.0 Å². The van der Waals surface area contributed by atoms with Gasteiger partial charge in [-0.2, -0.15) is 17.4 Å². The highest BCUT2D eigenvalue weighted by Crippen LogP contribution is 2.34. The molecule has 1 unspecified atom stereocenters. The topological polar surface area (TPSA) is 113 Å². The zero-order chi connectivity index (χ0) is 29.6. The number of Topliss-reactive ketones (excluding diaryl/α,β-unsaturated/α-hetero) is 1. The van der Waals surface area contributed by atoms with E-state index in [1.165, 1.54) is 4.31 Å². The first-order valence-corrected chi connectivity index (χ1v) is 14.8. The minimum Gasteiger partial charge on any atom is -0.493 e. The Morgan fingerprint density at radius 1 is 0.829 bits per heavy atom. The Balaban J connectivity index is 1.70. The molecule has 0 bridgehead atoms. The average molecular weight is 587 g/mol. The van der Waals surface area contributed by atoms with Gasteiger partial charge in [0.1, 0.15) is 0 Å². The lowest BCUT2D eigenvalue weighted by Gasteiger charge is -2.30. The van der Waals surface area contributed by atoms with Crippen LogP contribution in [-0.4, -0.2) is 79.3 Å². The number of nitrogens with zero attached hydrogens (tertiary/aromatic N) is 1. The van der Waals surface area contributed by atoms with Crippen LogP contribution in [0.1, 0.15) is 36.8 Å². The van der Waals surface area contributed by atoms with Gasteiger partial charge in [-0.3, -0.25) is 4.79 Å². The molecule has 1 heterocycles. The fourth-order valence-electron chi connectivity index (χ4n) is 5.38. The fourth-order valence-corrected chi connectivity index (χ4v) is 7.03. The molecule has 2 fully saturated rings. The molecular weight excluding hydrogens is 548 g/mol. The van der Waals surface area contributed by atoms with Crippen LogP contribution in [-0.2, 0) is 19.7 Å². The van der Waals surface area contributed by atoms with Crippen molar-refractivity contribution < 1.29 is 36.9 Å². The van der Waals surface area contributed by atoms with Gasteiger partial charge in [-0.1, -0.05) is 12.1 Å². The van der Waals surface area contributed by atoms with Crippen molar-refractivity contribution in [1.29, 1.82) is 0 Å². The van der Waals surface area contributed by atoms with Crippen molar-refractivity contribution >= 4 is 28.1 Å². The van der Waals surface area contributed by atoms with Gasteiger partial charge in [0, 0.05) is 36.9 Å². The molecule has 10 nitrogen and oxygen atoms in total. The Labute approximate surface area is 242 Å². The highest BCUT2D eigenvalue weighted by molar-refractivity contribution is 7.87. The van der Waals surface area contributed by atoms with Crippen LogP contribution in [0.5, 0.6) is 23.0 Å². The first-order chi connectivity index (χ1) is 19.7. The first kappa shape index (κ1) is 30.6. The largest absolute Gasteiger partial charge is 0.493 e. The molecule has 1 atom stereocenters. The molecule has 0 aromatic heterocycles. The molecule has 2 aromatic rings. The quantitative estimate of drug-likeness (QED) is 0.395.